The lowest BCUT2D eigenvalue weighted by Crippen LogP contribution is -2.38. The van der Waals surface area contributed by atoms with Gasteiger partial charge in [-0.1, -0.05) is 18.9 Å². The van der Waals surface area contributed by atoms with Gasteiger partial charge < -0.3 is 20.3 Å². The maximum Gasteiger partial charge on any atom is 0.191 e. The SMILES string of the molecule is I.NC(=NCc1ccc(N2CCOCC2)c(F)c1)N1CCCCCC1. The van der Waals surface area contributed by atoms with E-state index >= 15 is 0 Å². The van der Waals surface area contributed by atoms with Crippen LogP contribution in [-0.2, 0) is 11.3 Å². The summed E-state index contributed by atoms with van der Waals surface area (Å²) >= 11 is 0. The highest BCUT2D eigenvalue weighted by Crippen LogP contribution is 2.22. The molecule has 2 aliphatic rings. The van der Waals surface area contributed by atoms with Crippen molar-refractivity contribution in [1.82, 2.24) is 4.90 Å². The topological polar surface area (TPSA) is 54.1 Å². The lowest BCUT2D eigenvalue weighted by atomic mass is 10.1. The normalized spacial score (nSPS) is 19.3. The minimum atomic E-state index is -0.196. The number of benzene rings is 1. The number of aliphatic imine (C=N–C) groups is 1. The molecule has 2 aliphatic heterocycles. The van der Waals surface area contributed by atoms with Gasteiger partial charge in [-0.25, -0.2) is 9.38 Å². The number of hydrogen-bond acceptors (Lipinski definition) is 3. The zero-order chi connectivity index (χ0) is 16.8. The van der Waals surface area contributed by atoms with Gasteiger partial charge in [0.05, 0.1) is 25.4 Å². The van der Waals surface area contributed by atoms with Crippen LogP contribution in [0, 0.1) is 5.82 Å². The Morgan fingerprint density at radius 3 is 2.40 bits per heavy atom. The minimum absolute atomic E-state index is 0. The lowest BCUT2D eigenvalue weighted by Gasteiger charge is -2.29. The fourth-order valence-corrected chi connectivity index (χ4v) is 3.28. The number of anilines is 1. The molecule has 3 rings (SSSR count). The van der Waals surface area contributed by atoms with Gasteiger partial charge in [-0.3, -0.25) is 0 Å². The molecule has 0 amide bonds. The third-order valence-electron chi connectivity index (χ3n) is 4.72. The number of nitrogens with zero attached hydrogens (tertiary/aromatic N) is 3. The Bertz CT molecular complexity index is 570. The molecule has 0 aliphatic carbocycles. The molecule has 25 heavy (non-hydrogen) atoms. The first-order chi connectivity index (χ1) is 11.7. The molecule has 7 heteroatoms. The first kappa shape index (κ1) is 20.2. The first-order valence-corrected chi connectivity index (χ1v) is 8.90. The van der Waals surface area contributed by atoms with E-state index in [1.807, 2.05) is 17.0 Å². The molecule has 1 aromatic rings. The maximum absolute atomic E-state index is 14.4. The van der Waals surface area contributed by atoms with Crippen molar-refractivity contribution in [3.8, 4) is 0 Å². The number of rotatable bonds is 3. The molecule has 1 aromatic carbocycles. The summed E-state index contributed by atoms with van der Waals surface area (Å²) in [5.41, 5.74) is 7.60. The van der Waals surface area contributed by atoms with Crippen LogP contribution < -0.4 is 10.6 Å². The van der Waals surface area contributed by atoms with E-state index < -0.39 is 0 Å². The van der Waals surface area contributed by atoms with Gasteiger partial charge in [0.15, 0.2) is 5.96 Å². The third kappa shape index (κ3) is 5.70. The predicted molar refractivity (Wildman–Crippen MR) is 110 cm³/mol. The molecule has 5 nitrogen and oxygen atoms in total. The van der Waals surface area contributed by atoms with Gasteiger partial charge in [-0.2, -0.15) is 0 Å². The molecule has 0 atom stereocenters. The van der Waals surface area contributed by atoms with Crippen LogP contribution >= 0.6 is 24.0 Å². The van der Waals surface area contributed by atoms with Crippen molar-refractivity contribution in [2.75, 3.05) is 44.3 Å². The van der Waals surface area contributed by atoms with Crippen molar-refractivity contribution in [2.24, 2.45) is 10.7 Å². The van der Waals surface area contributed by atoms with Gasteiger partial charge in [0.2, 0.25) is 0 Å². The molecule has 2 N–H and O–H groups in total. The summed E-state index contributed by atoms with van der Waals surface area (Å²) in [5.74, 6) is 0.382. The largest absolute Gasteiger partial charge is 0.378 e. The van der Waals surface area contributed by atoms with E-state index in [2.05, 4.69) is 9.89 Å². The first-order valence-electron chi connectivity index (χ1n) is 8.90. The van der Waals surface area contributed by atoms with Crippen molar-refractivity contribution in [2.45, 2.75) is 32.2 Å². The Hall–Kier alpha value is -1.09. The minimum Gasteiger partial charge on any atom is -0.378 e. The molecule has 2 saturated heterocycles. The third-order valence-corrected chi connectivity index (χ3v) is 4.72. The molecule has 0 unspecified atom stereocenters. The smallest absolute Gasteiger partial charge is 0.191 e. The number of halogens is 2. The number of guanidine groups is 1. The van der Waals surface area contributed by atoms with Crippen LogP contribution in [-0.4, -0.2) is 50.3 Å². The molecule has 0 saturated carbocycles. The van der Waals surface area contributed by atoms with Crippen LogP contribution in [0.4, 0.5) is 10.1 Å². The van der Waals surface area contributed by atoms with Gasteiger partial charge in [0.1, 0.15) is 5.82 Å². The average Bonchev–Trinajstić information content (AvgIpc) is 2.90. The highest BCUT2D eigenvalue weighted by atomic mass is 127. The molecular weight excluding hydrogens is 434 g/mol. The second-order valence-corrected chi connectivity index (χ2v) is 6.46. The Labute approximate surface area is 166 Å². The molecule has 140 valence electrons. The standard InChI is InChI=1S/C18H27FN4O.HI/c19-16-13-15(5-6-17(16)22-9-11-24-12-10-22)14-21-18(20)23-7-3-1-2-4-8-23;/h5-6,13H,1-4,7-12,14H2,(H2,20,21);1H. The summed E-state index contributed by atoms with van der Waals surface area (Å²) < 4.78 is 19.7. The van der Waals surface area contributed by atoms with Crippen LogP contribution in [0.5, 0.6) is 0 Å². The highest BCUT2D eigenvalue weighted by molar-refractivity contribution is 14.0. The summed E-state index contributed by atoms with van der Waals surface area (Å²) in [6.07, 6.45) is 4.86. The van der Waals surface area contributed by atoms with Crippen LogP contribution in [0.2, 0.25) is 0 Å². The molecule has 0 aromatic heterocycles. The van der Waals surface area contributed by atoms with Crippen molar-refractivity contribution >= 4 is 35.6 Å². The van der Waals surface area contributed by atoms with E-state index in [1.54, 1.807) is 6.07 Å². The van der Waals surface area contributed by atoms with Crippen LogP contribution in [0.15, 0.2) is 23.2 Å². The predicted octanol–water partition coefficient (Wildman–Crippen LogP) is 2.97. The fraction of sp³-hybridized carbons (Fsp3) is 0.611. The van der Waals surface area contributed by atoms with Crippen LogP contribution in [0.1, 0.15) is 31.2 Å². The average molecular weight is 462 g/mol. The summed E-state index contributed by atoms with van der Waals surface area (Å²) in [7, 11) is 0. The van der Waals surface area contributed by atoms with Gasteiger partial charge >= 0.3 is 0 Å². The van der Waals surface area contributed by atoms with Crippen molar-refractivity contribution < 1.29 is 9.13 Å². The highest BCUT2D eigenvalue weighted by Gasteiger charge is 2.15. The Morgan fingerprint density at radius 1 is 1.08 bits per heavy atom. The monoisotopic (exact) mass is 462 g/mol. The summed E-state index contributed by atoms with van der Waals surface area (Å²) in [4.78, 5) is 8.63. The zero-order valence-corrected chi connectivity index (χ0v) is 17.0. The van der Waals surface area contributed by atoms with E-state index in [1.165, 1.54) is 25.7 Å². The van der Waals surface area contributed by atoms with Gasteiger partial charge in [0.25, 0.3) is 0 Å². The van der Waals surface area contributed by atoms with Gasteiger partial charge in [0, 0.05) is 26.2 Å². The Balaban J connectivity index is 0.00000225. The van der Waals surface area contributed by atoms with Gasteiger partial charge in [-0.05, 0) is 30.5 Å². The Kier molecular flexibility index (Phi) is 8.21. The number of likely N-dealkylation sites (tertiary alicyclic amines) is 1. The zero-order valence-electron chi connectivity index (χ0n) is 14.6. The van der Waals surface area contributed by atoms with Crippen LogP contribution in [0.3, 0.4) is 0 Å². The molecular formula is C18H28FIN4O. The second kappa shape index (κ2) is 10.2. The number of morpholine rings is 1. The van der Waals surface area contributed by atoms with Crippen molar-refractivity contribution in [3.05, 3.63) is 29.6 Å². The van der Waals surface area contributed by atoms with E-state index in [9.17, 15) is 4.39 Å². The number of hydrogen-bond donors (Lipinski definition) is 1. The summed E-state index contributed by atoms with van der Waals surface area (Å²) in [6.45, 7) is 5.13. The molecule has 0 spiro atoms. The summed E-state index contributed by atoms with van der Waals surface area (Å²) in [5, 5.41) is 0. The van der Waals surface area contributed by atoms with Crippen molar-refractivity contribution in [3.63, 3.8) is 0 Å². The molecule has 2 fully saturated rings. The molecule has 0 bridgehead atoms. The number of ether oxygens (including phenoxy) is 1. The van der Waals surface area contributed by atoms with Crippen LogP contribution in [0.25, 0.3) is 0 Å². The van der Waals surface area contributed by atoms with E-state index in [0.29, 0.717) is 31.4 Å². The second-order valence-electron chi connectivity index (χ2n) is 6.46. The van der Waals surface area contributed by atoms with E-state index in [-0.39, 0.29) is 29.8 Å². The fourth-order valence-electron chi connectivity index (χ4n) is 3.28. The van der Waals surface area contributed by atoms with E-state index in [4.69, 9.17) is 10.5 Å². The molecule has 0 radical (unpaired) electrons. The molecule has 2 heterocycles. The Morgan fingerprint density at radius 2 is 1.76 bits per heavy atom. The van der Waals surface area contributed by atoms with Crippen molar-refractivity contribution in [1.29, 1.82) is 0 Å². The maximum atomic E-state index is 14.4. The summed E-state index contributed by atoms with van der Waals surface area (Å²) in [6, 6.07) is 5.35. The van der Waals surface area contributed by atoms with Gasteiger partial charge in [-0.15, -0.1) is 24.0 Å². The van der Waals surface area contributed by atoms with E-state index in [0.717, 1.165) is 31.7 Å². The quantitative estimate of drug-likeness (QED) is 0.427. The number of nitrogens with two attached hydrogens (primary N) is 1. The lowest BCUT2D eigenvalue weighted by molar-refractivity contribution is 0.122.